The van der Waals surface area contributed by atoms with Crippen LogP contribution in [0.3, 0.4) is 0 Å². The van der Waals surface area contributed by atoms with E-state index in [9.17, 15) is 0 Å². The molecule has 2 nitrogen and oxygen atoms in total. The van der Waals surface area contributed by atoms with Gasteiger partial charge in [-0.2, -0.15) is 0 Å². The van der Waals surface area contributed by atoms with Crippen molar-refractivity contribution < 1.29 is 4.42 Å². The third-order valence-electron chi connectivity index (χ3n) is 5.76. The van der Waals surface area contributed by atoms with E-state index in [2.05, 4.69) is 87.6 Å². The predicted octanol–water partition coefficient (Wildman–Crippen LogP) is 6.40. The summed E-state index contributed by atoms with van der Waals surface area (Å²) in [6.45, 7) is 0. The third kappa shape index (κ3) is 2.13. The smallest absolute Gasteiger partial charge is 0.136 e. The van der Waals surface area contributed by atoms with Gasteiger partial charge in [-0.3, -0.25) is 0 Å². The summed E-state index contributed by atoms with van der Waals surface area (Å²) in [7, 11) is 5.05. The van der Waals surface area contributed by atoms with Crippen molar-refractivity contribution >= 4 is 58.3 Å². The van der Waals surface area contributed by atoms with Crippen LogP contribution in [0.15, 0.2) is 83.3 Å². The van der Waals surface area contributed by atoms with Crippen LogP contribution in [0.1, 0.15) is 0 Å². The first kappa shape index (κ1) is 15.9. The van der Waals surface area contributed by atoms with Crippen molar-refractivity contribution in [2.24, 2.45) is 7.05 Å². The molecule has 134 valence electrons. The first-order chi connectivity index (χ1) is 13.7. The van der Waals surface area contributed by atoms with Gasteiger partial charge in [-0.15, -0.1) is 9.24 Å². The number of hydrogen-bond donors (Lipinski definition) is 0. The molecule has 0 N–H and O–H groups in total. The van der Waals surface area contributed by atoms with Crippen LogP contribution in [-0.2, 0) is 7.05 Å². The molecule has 0 saturated heterocycles. The van der Waals surface area contributed by atoms with Gasteiger partial charge in [0, 0.05) is 39.6 Å². The Morgan fingerprint density at radius 3 is 2.25 bits per heavy atom. The zero-order valence-corrected chi connectivity index (χ0v) is 16.6. The minimum Gasteiger partial charge on any atom is -0.456 e. The lowest BCUT2D eigenvalue weighted by atomic mass is 10.0. The van der Waals surface area contributed by atoms with Crippen LogP contribution in [0.2, 0.25) is 0 Å². The maximum atomic E-state index is 6.13. The molecule has 0 aliphatic heterocycles. The number of rotatable bonds is 1. The molecule has 28 heavy (non-hydrogen) atoms. The lowest BCUT2D eigenvalue weighted by Crippen LogP contribution is -1.97. The average Bonchev–Trinajstić information content (AvgIpc) is 3.22. The van der Waals surface area contributed by atoms with Gasteiger partial charge >= 0.3 is 0 Å². The molecule has 6 aromatic rings. The maximum absolute atomic E-state index is 6.13. The number of benzene rings is 4. The molecule has 0 amide bonds. The van der Waals surface area contributed by atoms with Crippen LogP contribution >= 0.6 is 9.24 Å². The van der Waals surface area contributed by atoms with E-state index in [1.807, 2.05) is 12.1 Å². The molecule has 2 heterocycles. The summed E-state index contributed by atoms with van der Waals surface area (Å²) in [6, 6.07) is 27.8. The molecule has 6 rings (SSSR count). The molecular weight excluding hydrogens is 361 g/mol. The molecule has 4 aromatic carbocycles. The molecule has 0 saturated carbocycles. The van der Waals surface area contributed by atoms with Gasteiger partial charge in [0.15, 0.2) is 0 Å². The highest BCUT2D eigenvalue weighted by Crippen LogP contribution is 2.37. The number of nitrogens with zero attached hydrogens (tertiary/aromatic N) is 1. The quantitative estimate of drug-likeness (QED) is 0.302. The Morgan fingerprint density at radius 2 is 1.39 bits per heavy atom. The first-order valence-corrected chi connectivity index (χ1v) is 9.97. The van der Waals surface area contributed by atoms with Gasteiger partial charge in [0.25, 0.3) is 0 Å². The van der Waals surface area contributed by atoms with E-state index in [4.69, 9.17) is 4.42 Å². The van der Waals surface area contributed by atoms with Crippen molar-refractivity contribution in [3.05, 3.63) is 78.9 Å². The molecule has 0 spiro atoms. The molecule has 3 heteroatoms. The van der Waals surface area contributed by atoms with E-state index in [1.165, 1.54) is 49.0 Å². The standard InChI is InChI=1S/C25H18NOP/c1-26-21-11-17(15-7-3-2-4-8-15)25(28)14-19(21)18-13-24-20(12-22(18)26)16-9-5-6-10-23(16)27-24/h2-14H,28H2,1H3. The average molecular weight is 379 g/mol. The predicted molar refractivity (Wildman–Crippen MR) is 122 cm³/mol. The van der Waals surface area contributed by atoms with Crippen LogP contribution in [0.5, 0.6) is 0 Å². The lowest BCUT2D eigenvalue weighted by molar-refractivity contribution is 0.669. The summed E-state index contributed by atoms with van der Waals surface area (Å²) in [5.74, 6) is 0. The number of fused-ring (bicyclic) bond motifs is 6. The minimum atomic E-state index is 0.940. The molecule has 0 bridgehead atoms. The van der Waals surface area contributed by atoms with Gasteiger partial charge in [0.05, 0.1) is 0 Å². The molecule has 1 unspecified atom stereocenters. The summed E-state index contributed by atoms with van der Waals surface area (Å²) >= 11 is 0. The Labute approximate surface area is 164 Å². The van der Waals surface area contributed by atoms with Gasteiger partial charge < -0.3 is 8.98 Å². The minimum absolute atomic E-state index is 0.940. The van der Waals surface area contributed by atoms with Crippen LogP contribution in [-0.4, -0.2) is 4.57 Å². The van der Waals surface area contributed by atoms with Crippen molar-refractivity contribution in [3.8, 4) is 11.1 Å². The van der Waals surface area contributed by atoms with E-state index in [0.29, 0.717) is 0 Å². The zero-order valence-electron chi connectivity index (χ0n) is 15.4. The highest BCUT2D eigenvalue weighted by molar-refractivity contribution is 7.28. The van der Waals surface area contributed by atoms with E-state index < -0.39 is 0 Å². The Morgan fingerprint density at radius 1 is 0.679 bits per heavy atom. The summed E-state index contributed by atoms with van der Waals surface area (Å²) < 4.78 is 8.42. The number of furan rings is 1. The summed E-state index contributed by atoms with van der Waals surface area (Å²) in [5.41, 5.74) is 6.83. The Bertz CT molecular complexity index is 1520. The molecule has 0 aliphatic rings. The molecule has 1 atom stereocenters. The topological polar surface area (TPSA) is 18.1 Å². The van der Waals surface area contributed by atoms with Crippen molar-refractivity contribution in [2.75, 3.05) is 0 Å². The van der Waals surface area contributed by atoms with Gasteiger partial charge in [0.1, 0.15) is 11.2 Å². The van der Waals surface area contributed by atoms with Gasteiger partial charge in [-0.1, -0.05) is 48.5 Å². The van der Waals surface area contributed by atoms with Crippen molar-refractivity contribution in [2.45, 2.75) is 0 Å². The largest absolute Gasteiger partial charge is 0.456 e. The third-order valence-corrected chi connectivity index (χ3v) is 6.24. The van der Waals surface area contributed by atoms with E-state index >= 15 is 0 Å². The van der Waals surface area contributed by atoms with Crippen molar-refractivity contribution in [1.29, 1.82) is 0 Å². The normalized spacial score (nSPS) is 11.9. The second kappa shape index (κ2) is 5.70. The lowest BCUT2D eigenvalue weighted by Gasteiger charge is -2.07. The van der Waals surface area contributed by atoms with Crippen LogP contribution in [0.25, 0.3) is 54.9 Å². The maximum Gasteiger partial charge on any atom is 0.136 e. The Hall–Kier alpha value is -3.09. The van der Waals surface area contributed by atoms with Gasteiger partial charge in [-0.25, -0.2) is 0 Å². The summed E-state index contributed by atoms with van der Waals surface area (Å²) in [5, 5.41) is 6.03. The van der Waals surface area contributed by atoms with Crippen LogP contribution in [0.4, 0.5) is 0 Å². The number of hydrogen-bond acceptors (Lipinski definition) is 1. The number of aryl methyl sites for hydroxylation is 1. The Balaban J connectivity index is 1.72. The summed E-state index contributed by atoms with van der Waals surface area (Å²) in [6.07, 6.45) is 0. The molecule has 0 fully saturated rings. The van der Waals surface area contributed by atoms with Crippen LogP contribution in [0, 0.1) is 0 Å². The van der Waals surface area contributed by atoms with E-state index in [1.54, 1.807) is 0 Å². The van der Waals surface area contributed by atoms with Crippen molar-refractivity contribution in [3.63, 3.8) is 0 Å². The molecule has 2 aromatic heterocycles. The monoisotopic (exact) mass is 379 g/mol. The van der Waals surface area contributed by atoms with Crippen molar-refractivity contribution in [1.82, 2.24) is 4.57 Å². The molecule has 0 radical (unpaired) electrons. The van der Waals surface area contributed by atoms with E-state index in [0.717, 1.165) is 11.2 Å². The highest BCUT2D eigenvalue weighted by Gasteiger charge is 2.15. The molecular formula is C25H18NOP. The fraction of sp³-hybridized carbons (Fsp3) is 0.0400. The highest BCUT2D eigenvalue weighted by atomic mass is 31.0. The SMILES string of the molecule is Cn1c2cc(-c3ccccc3)c(P)cc2c2cc3oc4ccccc4c3cc21. The Kier molecular flexibility index (Phi) is 3.24. The summed E-state index contributed by atoms with van der Waals surface area (Å²) in [4.78, 5) is 0. The van der Waals surface area contributed by atoms with Crippen LogP contribution < -0.4 is 5.30 Å². The molecule has 0 aliphatic carbocycles. The second-order valence-electron chi connectivity index (χ2n) is 7.35. The number of para-hydroxylation sites is 1. The first-order valence-electron chi connectivity index (χ1n) is 9.39. The second-order valence-corrected chi connectivity index (χ2v) is 7.97. The number of aromatic nitrogens is 1. The fourth-order valence-electron chi connectivity index (χ4n) is 4.35. The van der Waals surface area contributed by atoms with Gasteiger partial charge in [-0.05, 0) is 46.8 Å². The van der Waals surface area contributed by atoms with E-state index in [-0.39, 0.29) is 0 Å². The van der Waals surface area contributed by atoms with Gasteiger partial charge in [0.2, 0.25) is 0 Å². The fourth-order valence-corrected chi connectivity index (χ4v) is 4.77. The zero-order chi connectivity index (χ0) is 18.8.